The van der Waals surface area contributed by atoms with Crippen LogP contribution in [-0.4, -0.2) is 10.9 Å². The van der Waals surface area contributed by atoms with Gasteiger partial charge >= 0.3 is 0 Å². The first kappa shape index (κ1) is 12.1. The van der Waals surface area contributed by atoms with Gasteiger partial charge in [0.05, 0.1) is 17.1 Å². The highest BCUT2D eigenvalue weighted by Crippen LogP contribution is 2.23. The Labute approximate surface area is 102 Å². The summed E-state index contributed by atoms with van der Waals surface area (Å²) in [6.07, 6.45) is 0.0652. The van der Waals surface area contributed by atoms with Crippen molar-refractivity contribution in [2.24, 2.45) is 5.73 Å². The summed E-state index contributed by atoms with van der Waals surface area (Å²) in [7, 11) is 0. The number of hydrogen-bond acceptors (Lipinski definition) is 2. The zero-order valence-corrected chi connectivity index (χ0v) is 10.6. The predicted octanol–water partition coefficient (Wildman–Crippen LogP) is 2.37. The average Bonchev–Trinajstić information content (AvgIpc) is 2.10. The number of thiocarbonyl (C=S) groups is 1. The maximum absolute atomic E-state index is 11.4. The van der Waals surface area contributed by atoms with Gasteiger partial charge < -0.3 is 11.1 Å². The van der Waals surface area contributed by atoms with Gasteiger partial charge in [-0.2, -0.15) is 0 Å². The average molecular weight is 287 g/mol. The topological polar surface area (TPSA) is 55.1 Å². The summed E-state index contributed by atoms with van der Waals surface area (Å²) in [5, 5.41) is 2.73. The highest BCUT2D eigenvalue weighted by Gasteiger charge is 2.06. The maximum atomic E-state index is 11.4. The van der Waals surface area contributed by atoms with Crippen molar-refractivity contribution in [3.63, 3.8) is 0 Å². The number of benzene rings is 1. The number of nitrogens with two attached hydrogens (primary N) is 1. The highest BCUT2D eigenvalue weighted by atomic mass is 79.9. The van der Waals surface area contributed by atoms with Crippen LogP contribution in [0.5, 0.6) is 0 Å². The molecule has 1 amide bonds. The van der Waals surface area contributed by atoms with E-state index in [1.165, 1.54) is 0 Å². The molecular weight excluding hydrogens is 276 g/mol. The van der Waals surface area contributed by atoms with Crippen LogP contribution in [0.15, 0.2) is 22.7 Å². The van der Waals surface area contributed by atoms with E-state index in [0.717, 1.165) is 15.7 Å². The van der Waals surface area contributed by atoms with Crippen LogP contribution in [0, 0.1) is 6.92 Å². The molecular formula is C10H11BrN2OS. The van der Waals surface area contributed by atoms with Crippen molar-refractivity contribution >= 4 is 44.7 Å². The van der Waals surface area contributed by atoms with Gasteiger partial charge in [-0.3, -0.25) is 4.79 Å². The van der Waals surface area contributed by atoms with Crippen LogP contribution in [-0.2, 0) is 4.79 Å². The Balaban J connectivity index is 2.76. The normalized spacial score (nSPS) is 9.73. The van der Waals surface area contributed by atoms with Gasteiger partial charge in [0.15, 0.2) is 0 Å². The molecule has 0 spiro atoms. The number of hydrogen-bond donors (Lipinski definition) is 2. The molecule has 0 fully saturated rings. The molecule has 0 radical (unpaired) electrons. The quantitative estimate of drug-likeness (QED) is 0.839. The lowest BCUT2D eigenvalue weighted by Gasteiger charge is -2.07. The number of halogens is 1. The number of carbonyl (C=O) groups excluding carboxylic acids is 1. The van der Waals surface area contributed by atoms with E-state index in [9.17, 15) is 4.79 Å². The Hall–Kier alpha value is -0.940. The lowest BCUT2D eigenvalue weighted by molar-refractivity contribution is -0.115. The maximum Gasteiger partial charge on any atom is 0.231 e. The fourth-order valence-corrected chi connectivity index (χ4v) is 1.56. The first-order valence-corrected chi connectivity index (χ1v) is 5.53. The minimum Gasteiger partial charge on any atom is -0.393 e. The van der Waals surface area contributed by atoms with Crippen LogP contribution in [0.1, 0.15) is 12.0 Å². The van der Waals surface area contributed by atoms with Crippen molar-refractivity contribution in [1.82, 2.24) is 0 Å². The SMILES string of the molecule is Cc1ccc(Br)c(NC(=O)CC(N)=S)c1. The minimum atomic E-state index is -0.200. The van der Waals surface area contributed by atoms with Gasteiger partial charge in [-0.1, -0.05) is 18.3 Å². The number of amides is 1. The summed E-state index contributed by atoms with van der Waals surface area (Å²) in [6.45, 7) is 1.95. The lowest BCUT2D eigenvalue weighted by Crippen LogP contribution is -2.20. The van der Waals surface area contributed by atoms with Crippen molar-refractivity contribution in [3.8, 4) is 0 Å². The molecule has 0 aliphatic rings. The summed E-state index contributed by atoms with van der Waals surface area (Å²) >= 11 is 8.00. The van der Waals surface area contributed by atoms with E-state index >= 15 is 0 Å². The van der Waals surface area contributed by atoms with Crippen LogP contribution < -0.4 is 11.1 Å². The molecule has 0 atom stereocenters. The van der Waals surface area contributed by atoms with E-state index in [2.05, 4.69) is 33.5 Å². The van der Waals surface area contributed by atoms with E-state index in [-0.39, 0.29) is 17.3 Å². The van der Waals surface area contributed by atoms with Gasteiger partial charge in [0.2, 0.25) is 5.91 Å². The van der Waals surface area contributed by atoms with Crippen molar-refractivity contribution in [1.29, 1.82) is 0 Å². The van der Waals surface area contributed by atoms with E-state index in [4.69, 9.17) is 5.73 Å². The Kier molecular flexibility index (Phi) is 4.23. The third-order valence-electron chi connectivity index (χ3n) is 1.73. The molecule has 80 valence electrons. The van der Waals surface area contributed by atoms with Crippen molar-refractivity contribution in [2.75, 3.05) is 5.32 Å². The van der Waals surface area contributed by atoms with Crippen LogP contribution in [0.4, 0.5) is 5.69 Å². The van der Waals surface area contributed by atoms with Crippen LogP contribution in [0.3, 0.4) is 0 Å². The Morgan fingerprint density at radius 1 is 1.60 bits per heavy atom. The molecule has 1 aromatic rings. The Morgan fingerprint density at radius 3 is 2.87 bits per heavy atom. The second-order valence-corrected chi connectivity index (χ2v) is 4.55. The number of nitrogens with one attached hydrogen (secondary N) is 1. The number of anilines is 1. The standard InChI is InChI=1S/C10H11BrN2OS/c1-6-2-3-7(11)8(4-6)13-10(14)5-9(12)15/h2-4H,5H2,1H3,(H2,12,15)(H,13,14). The van der Waals surface area contributed by atoms with Crippen molar-refractivity contribution in [3.05, 3.63) is 28.2 Å². The van der Waals surface area contributed by atoms with Crippen LogP contribution >= 0.6 is 28.1 Å². The molecule has 0 saturated carbocycles. The molecule has 5 heteroatoms. The summed E-state index contributed by atoms with van der Waals surface area (Å²) < 4.78 is 0.837. The van der Waals surface area contributed by atoms with E-state index < -0.39 is 0 Å². The number of carbonyl (C=O) groups is 1. The Bertz CT molecular complexity index is 406. The monoisotopic (exact) mass is 286 g/mol. The predicted molar refractivity (Wildman–Crippen MR) is 68.9 cm³/mol. The molecule has 15 heavy (non-hydrogen) atoms. The molecule has 0 unspecified atom stereocenters. The van der Waals surface area contributed by atoms with E-state index in [0.29, 0.717) is 0 Å². The van der Waals surface area contributed by atoms with Crippen LogP contribution in [0.2, 0.25) is 0 Å². The zero-order chi connectivity index (χ0) is 11.4. The molecule has 1 rings (SSSR count). The third-order valence-corrected chi connectivity index (χ3v) is 2.57. The third kappa shape index (κ3) is 3.97. The van der Waals surface area contributed by atoms with Crippen LogP contribution in [0.25, 0.3) is 0 Å². The second kappa shape index (κ2) is 5.23. The fraction of sp³-hybridized carbons (Fsp3) is 0.200. The summed E-state index contributed by atoms with van der Waals surface area (Å²) in [4.78, 5) is 11.6. The molecule has 0 bridgehead atoms. The van der Waals surface area contributed by atoms with Gasteiger partial charge in [0.1, 0.15) is 0 Å². The summed E-state index contributed by atoms with van der Waals surface area (Å²) in [6, 6.07) is 5.71. The molecule has 3 nitrogen and oxygen atoms in total. The zero-order valence-electron chi connectivity index (χ0n) is 8.21. The summed E-state index contributed by atoms with van der Waals surface area (Å²) in [5.41, 5.74) is 7.08. The largest absolute Gasteiger partial charge is 0.393 e. The lowest BCUT2D eigenvalue weighted by atomic mass is 10.2. The summed E-state index contributed by atoms with van der Waals surface area (Å²) in [5.74, 6) is -0.200. The van der Waals surface area contributed by atoms with Gasteiger partial charge in [0, 0.05) is 4.47 Å². The molecule has 0 aliphatic heterocycles. The molecule has 3 N–H and O–H groups in total. The minimum absolute atomic E-state index is 0.0652. The van der Waals surface area contributed by atoms with Gasteiger partial charge in [-0.05, 0) is 40.5 Å². The van der Waals surface area contributed by atoms with Crippen molar-refractivity contribution in [2.45, 2.75) is 13.3 Å². The highest BCUT2D eigenvalue weighted by molar-refractivity contribution is 9.10. The molecule has 0 heterocycles. The van der Waals surface area contributed by atoms with E-state index in [1.54, 1.807) is 0 Å². The van der Waals surface area contributed by atoms with Gasteiger partial charge in [-0.15, -0.1) is 0 Å². The fourth-order valence-electron chi connectivity index (χ4n) is 1.09. The Morgan fingerprint density at radius 2 is 2.27 bits per heavy atom. The van der Waals surface area contributed by atoms with Gasteiger partial charge in [-0.25, -0.2) is 0 Å². The molecule has 0 aliphatic carbocycles. The van der Waals surface area contributed by atoms with Crippen molar-refractivity contribution < 1.29 is 4.79 Å². The molecule has 1 aromatic carbocycles. The number of aryl methyl sites for hydroxylation is 1. The molecule has 0 saturated heterocycles. The first-order chi connectivity index (χ1) is 6.99. The number of rotatable bonds is 3. The van der Waals surface area contributed by atoms with Gasteiger partial charge in [0.25, 0.3) is 0 Å². The van der Waals surface area contributed by atoms with E-state index in [1.807, 2.05) is 25.1 Å². The first-order valence-electron chi connectivity index (χ1n) is 4.33. The smallest absolute Gasteiger partial charge is 0.231 e. The molecule has 0 aromatic heterocycles. The second-order valence-electron chi connectivity index (χ2n) is 3.17.